The maximum atomic E-state index is 12.1. The van der Waals surface area contributed by atoms with E-state index in [1.54, 1.807) is 12.1 Å². The molecule has 116 valence electrons. The number of hydrogen-bond acceptors (Lipinski definition) is 4. The Morgan fingerprint density at radius 1 is 1.32 bits per heavy atom. The van der Waals surface area contributed by atoms with Crippen LogP contribution in [0.25, 0.3) is 0 Å². The first kappa shape index (κ1) is 16.2. The Labute approximate surface area is 131 Å². The van der Waals surface area contributed by atoms with Crippen LogP contribution in [0.1, 0.15) is 10.4 Å². The van der Waals surface area contributed by atoms with Crippen LogP contribution >= 0.6 is 15.9 Å². The molecule has 1 amide bonds. The summed E-state index contributed by atoms with van der Waals surface area (Å²) in [7, 11) is 0. The van der Waals surface area contributed by atoms with Crippen LogP contribution < -0.4 is 10.1 Å². The fourth-order valence-electron chi connectivity index (χ4n) is 1.44. The summed E-state index contributed by atoms with van der Waals surface area (Å²) in [5, 5.41) is 2.56. The van der Waals surface area contributed by atoms with E-state index in [-0.39, 0.29) is 10.5 Å². The van der Waals surface area contributed by atoms with Crippen LogP contribution in [0.4, 0.5) is 18.9 Å². The second-order valence-corrected chi connectivity index (χ2v) is 4.84. The van der Waals surface area contributed by atoms with Gasteiger partial charge in [0, 0.05) is 18.5 Å². The van der Waals surface area contributed by atoms with Gasteiger partial charge in [-0.1, -0.05) is 0 Å². The minimum Gasteiger partial charge on any atom is -0.468 e. The van der Waals surface area contributed by atoms with Crippen molar-refractivity contribution in [1.29, 1.82) is 0 Å². The fourth-order valence-corrected chi connectivity index (χ4v) is 1.84. The van der Waals surface area contributed by atoms with Crippen molar-refractivity contribution in [2.75, 3.05) is 11.9 Å². The zero-order valence-corrected chi connectivity index (χ0v) is 12.5. The summed E-state index contributed by atoms with van der Waals surface area (Å²) >= 11 is 3.07. The van der Waals surface area contributed by atoms with Gasteiger partial charge >= 0.3 is 6.18 Å². The highest BCUT2D eigenvalue weighted by Crippen LogP contribution is 2.25. The molecule has 0 spiro atoms. The number of nitrogens with zero attached hydrogens (tertiary/aromatic N) is 2. The molecule has 0 aliphatic rings. The Hall–Kier alpha value is -2.16. The second-order valence-electron chi connectivity index (χ2n) is 4.09. The number of amides is 1. The monoisotopic (exact) mass is 375 g/mol. The van der Waals surface area contributed by atoms with Crippen molar-refractivity contribution in [2.45, 2.75) is 6.18 Å². The fraction of sp³-hybridized carbons (Fsp3) is 0.154. The van der Waals surface area contributed by atoms with Gasteiger partial charge < -0.3 is 10.1 Å². The zero-order valence-electron chi connectivity index (χ0n) is 10.9. The molecule has 0 aromatic carbocycles. The number of carbonyl (C=O) groups is 1. The number of carbonyl (C=O) groups excluding carboxylic acids is 1. The van der Waals surface area contributed by atoms with Crippen LogP contribution in [-0.2, 0) is 0 Å². The predicted molar refractivity (Wildman–Crippen MR) is 75.7 cm³/mol. The Morgan fingerprint density at radius 2 is 2.09 bits per heavy atom. The van der Waals surface area contributed by atoms with Gasteiger partial charge in [-0.05, 0) is 34.1 Å². The van der Waals surface area contributed by atoms with Crippen molar-refractivity contribution >= 4 is 27.5 Å². The molecule has 2 aromatic heterocycles. The molecule has 1 N–H and O–H groups in total. The minimum absolute atomic E-state index is 0.157. The Bertz CT molecular complexity index is 665. The molecule has 0 saturated carbocycles. The van der Waals surface area contributed by atoms with Gasteiger partial charge in [-0.2, -0.15) is 13.2 Å². The molecule has 0 aliphatic heterocycles. The molecule has 0 atom stereocenters. The smallest absolute Gasteiger partial charge is 0.422 e. The predicted octanol–water partition coefficient (Wildman–Crippen LogP) is 3.43. The third-order valence-corrected chi connectivity index (χ3v) is 2.98. The average Bonchev–Trinajstić information content (AvgIpc) is 2.47. The topological polar surface area (TPSA) is 64.1 Å². The van der Waals surface area contributed by atoms with Crippen LogP contribution in [0, 0.1) is 0 Å². The number of halogens is 4. The Kier molecular flexibility index (Phi) is 4.96. The third-order valence-electron chi connectivity index (χ3n) is 2.38. The van der Waals surface area contributed by atoms with Crippen LogP contribution in [-0.4, -0.2) is 28.7 Å². The van der Waals surface area contributed by atoms with Gasteiger partial charge in [0.15, 0.2) is 6.61 Å². The number of ether oxygens (including phenoxy) is 1. The molecule has 0 fully saturated rings. The minimum atomic E-state index is -4.44. The number of nitrogens with one attached hydrogen (secondary N) is 1. The molecule has 0 bridgehead atoms. The summed E-state index contributed by atoms with van der Waals surface area (Å²) in [6.07, 6.45) is -1.53. The van der Waals surface area contributed by atoms with E-state index >= 15 is 0 Å². The van der Waals surface area contributed by atoms with Gasteiger partial charge in [-0.3, -0.25) is 9.78 Å². The first-order chi connectivity index (χ1) is 10.3. The third kappa shape index (κ3) is 4.69. The molecule has 0 unspecified atom stereocenters. The van der Waals surface area contributed by atoms with Gasteiger partial charge in [-0.25, -0.2) is 4.98 Å². The summed E-state index contributed by atoms with van der Waals surface area (Å²) in [6, 6.07) is 5.80. The van der Waals surface area contributed by atoms with E-state index in [1.807, 2.05) is 0 Å². The maximum absolute atomic E-state index is 12.1. The molecule has 0 radical (unpaired) electrons. The van der Waals surface area contributed by atoms with Gasteiger partial charge in [0.25, 0.3) is 5.91 Å². The van der Waals surface area contributed by atoms with E-state index in [4.69, 9.17) is 0 Å². The average molecular weight is 376 g/mol. The zero-order chi connectivity index (χ0) is 16.2. The summed E-state index contributed by atoms with van der Waals surface area (Å²) in [6.45, 7) is -1.44. The molecular formula is C13H9BrF3N3O2. The van der Waals surface area contributed by atoms with Crippen LogP contribution in [0.2, 0.25) is 0 Å². The normalized spacial score (nSPS) is 11.1. The van der Waals surface area contributed by atoms with Crippen molar-refractivity contribution in [2.24, 2.45) is 0 Å². The molecule has 5 nitrogen and oxygen atoms in total. The highest BCUT2D eigenvalue weighted by atomic mass is 79.9. The van der Waals surface area contributed by atoms with Gasteiger partial charge in [-0.15, -0.1) is 0 Å². The molecule has 2 heterocycles. The van der Waals surface area contributed by atoms with Crippen molar-refractivity contribution in [3.8, 4) is 5.88 Å². The van der Waals surface area contributed by atoms with E-state index in [1.165, 1.54) is 24.5 Å². The first-order valence-electron chi connectivity index (χ1n) is 5.92. The van der Waals surface area contributed by atoms with E-state index < -0.39 is 18.7 Å². The highest BCUT2D eigenvalue weighted by molar-refractivity contribution is 9.10. The van der Waals surface area contributed by atoms with Crippen molar-refractivity contribution in [3.63, 3.8) is 0 Å². The van der Waals surface area contributed by atoms with Crippen LogP contribution in [0.5, 0.6) is 5.88 Å². The lowest BCUT2D eigenvalue weighted by Gasteiger charge is -2.10. The highest BCUT2D eigenvalue weighted by Gasteiger charge is 2.28. The molecule has 2 rings (SSSR count). The number of alkyl halides is 3. The number of pyridine rings is 2. The van der Waals surface area contributed by atoms with Gasteiger partial charge in [0.05, 0.1) is 11.3 Å². The summed E-state index contributed by atoms with van der Waals surface area (Å²) < 4.78 is 40.8. The summed E-state index contributed by atoms with van der Waals surface area (Å²) in [5.41, 5.74) is 0.639. The second kappa shape index (κ2) is 6.73. The molecule has 9 heteroatoms. The van der Waals surface area contributed by atoms with Crippen LogP contribution in [0.15, 0.2) is 41.3 Å². The van der Waals surface area contributed by atoms with Crippen molar-refractivity contribution in [3.05, 3.63) is 46.8 Å². The molecular weight excluding hydrogens is 367 g/mol. The summed E-state index contributed by atoms with van der Waals surface area (Å²) in [4.78, 5) is 19.5. The summed E-state index contributed by atoms with van der Waals surface area (Å²) in [5.74, 6) is -0.622. The van der Waals surface area contributed by atoms with E-state index in [9.17, 15) is 18.0 Å². The molecule has 0 saturated heterocycles. The lowest BCUT2D eigenvalue weighted by molar-refractivity contribution is -0.154. The number of rotatable bonds is 4. The SMILES string of the molecule is O=C(Nc1ccc(OCC(F)(F)F)nc1Br)c1cccnc1. The standard InChI is InChI=1S/C13H9BrF3N3O2/c14-11-9(19-12(21)8-2-1-5-18-6-8)3-4-10(20-11)22-7-13(15,16)17/h1-6H,7H2,(H,19,21). The van der Waals surface area contributed by atoms with Crippen molar-refractivity contribution < 1.29 is 22.7 Å². The van der Waals surface area contributed by atoms with Gasteiger partial charge in [0.1, 0.15) is 4.60 Å². The Morgan fingerprint density at radius 3 is 2.68 bits per heavy atom. The van der Waals surface area contributed by atoms with Crippen LogP contribution in [0.3, 0.4) is 0 Å². The Balaban J connectivity index is 2.05. The van der Waals surface area contributed by atoms with Gasteiger partial charge in [0.2, 0.25) is 5.88 Å². The van der Waals surface area contributed by atoms with E-state index in [0.717, 1.165) is 0 Å². The number of hydrogen-bond donors (Lipinski definition) is 1. The largest absolute Gasteiger partial charge is 0.468 e. The lowest BCUT2D eigenvalue weighted by atomic mass is 10.2. The number of anilines is 1. The maximum Gasteiger partial charge on any atom is 0.422 e. The van der Waals surface area contributed by atoms with Crippen molar-refractivity contribution in [1.82, 2.24) is 9.97 Å². The first-order valence-corrected chi connectivity index (χ1v) is 6.72. The molecule has 2 aromatic rings. The van der Waals surface area contributed by atoms with E-state index in [0.29, 0.717) is 11.3 Å². The molecule has 22 heavy (non-hydrogen) atoms. The number of aromatic nitrogens is 2. The molecule has 0 aliphatic carbocycles. The quantitative estimate of drug-likeness (QED) is 0.831. The van der Waals surface area contributed by atoms with E-state index in [2.05, 4.69) is 36.0 Å². The lowest BCUT2D eigenvalue weighted by Crippen LogP contribution is -2.19.